The number of piperidine rings is 1. The van der Waals surface area contributed by atoms with Gasteiger partial charge in [-0.3, -0.25) is 10.1 Å². The van der Waals surface area contributed by atoms with Gasteiger partial charge < -0.3 is 4.90 Å². The van der Waals surface area contributed by atoms with E-state index in [9.17, 15) is 13.2 Å². The molecular formula is C19H37N3O3S. The number of amides is 1. The summed E-state index contributed by atoms with van der Waals surface area (Å²) in [5, 5.41) is 3.63. The first-order valence-corrected chi connectivity index (χ1v) is 11.8. The third kappa shape index (κ3) is 4.60. The van der Waals surface area contributed by atoms with Gasteiger partial charge in [0.15, 0.2) is 0 Å². The van der Waals surface area contributed by atoms with Crippen LogP contribution in [0, 0.1) is 11.8 Å². The summed E-state index contributed by atoms with van der Waals surface area (Å²) in [4.78, 5) is 15.1. The van der Waals surface area contributed by atoms with Crippen molar-refractivity contribution in [2.24, 2.45) is 11.8 Å². The lowest BCUT2D eigenvalue weighted by Crippen LogP contribution is -2.60. The molecule has 2 unspecified atom stereocenters. The molecule has 0 aliphatic carbocycles. The molecule has 0 radical (unpaired) electrons. The van der Waals surface area contributed by atoms with Gasteiger partial charge >= 0.3 is 0 Å². The maximum Gasteiger partial charge on any atom is 0.241 e. The summed E-state index contributed by atoms with van der Waals surface area (Å²) >= 11 is 0. The summed E-state index contributed by atoms with van der Waals surface area (Å²) < 4.78 is 26.4. The normalized spacial score (nSPS) is 25.4. The molecule has 26 heavy (non-hydrogen) atoms. The monoisotopic (exact) mass is 387 g/mol. The van der Waals surface area contributed by atoms with Crippen LogP contribution in [0.5, 0.6) is 0 Å². The Morgan fingerprint density at radius 2 is 1.81 bits per heavy atom. The molecule has 0 saturated carbocycles. The second-order valence-electron chi connectivity index (χ2n) is 8.54. The summed E-state index contributed by atoms with van der Waals surface area (Å²) in [6, 6.07) is -0.141. The van der Waals surface area contributed by atoms with Crippen LogP contribution in [0.4, 0.5) is 0 Å². The molecule has 2 heterocycles. The van der Waals surface area contributed by atoms with E-state index in [0.29, 0.717) is 44.2 Å². The summed E-state index contributed by atoms with van der Waals surface area (Å²) in [5.74, 6) is 1.29. The smallest absolute Gasteiger partial charge is 0.241 e. The van der Waals surface area contributed by atoms with Crippen LogP contribution in [-0.4, -0.2) is 60.6 Å². The summed E-state index contributed by atoms with van der Waals surface area (Å²) in [6.07, 6.45) is 3.85. The predicted octanol–water partition coefficient (Wildman–Crippen LogP) is 2.41. The molecule has 2 aliphatic heterocycles. The zero-order chi connectivity index (χ0) is 19.5. The second kappa shape index (κ2) is 8.57. The van der Waals surface area contributed by atoms with Gasteiger partial charge in [0.05, 0.1) is 17.5 Å². The highest BCUT2D eigenvalue weighted by atomic mass is 32.2. The highest BCUT2D eigenvalue weighted by Crippen LogP contribution is 2.35. The second-order valence-corrected chi connectivity index (χ2v) is 10.6. The Morgan fingerprint density at radius 1 is 1.19 bits per heavy atom. The van der Waals surface area contributed by atoms with Crippen molar-refractivity contribution >= 4 is 15.9 Å². The Kier molecular flexibility index (Phi) is 7.13. The van der Waals surface area contributed by atoms with Gasteiger partial charge in [-0.2, -0.15) is 0 Å². The van der Waals surface area contributed by atoms with Crippen LogP contribution in [0.15, 0.2) is 0 Å². The largest absolute Gasteiger partial charge is 0.323 e. The van der Waals surface area contributed by atoms with Crippen molar-refractivity contribution in [1.29, 1.82) is 0 Å². The van der Waals surface area contributed by atoms with Crippen LogP contribution in [0.25, 0.3) is 0 Å². The molecule has 152 valence electrons. The summed E-state index contributed by atoms with van der Waals surface area (Å²) in [7, 11) is -3.17. The van der Waals surface area contributed by atoms with E-state index in [2.05, 4.69) is 33.0 Å². The van der Waals surface area contributed by atoms with E-state index in [1.54, 1.807) is 4.31 Å². The molecule has 1 N–H and O–H groups in total. The Labute approximate surface area is 159 Å². The van der Waals surface area contributed by atoms with E-state index in [-0.39, 0.29) is 23.4 Å². The zero-order valence-electron chi connectivity index (χ0n) is 17.1. The third-order valence-corrected chi connectivity index (χ3v) is 7.90. The fraction of sp³-hybridized carbons (Fsp3) is 0.947. The molecule has 2 fully saturated rings. The minimum absolute atomic E-state index is 0.141. The molecule has 0 aromatic heterocycles. The molecule has 0 aromatic carbocycles. The van der Waals surface area contributed by atoms with Gasteiger partial charge in [-0.15, -0.1) is 0 Å². The average molecular weight is 388 g/mol. The highest BCUT2D eigenvalue weighted by Gasteiger charge is 2.52. The van der Waals surface area contributed by atoms with Crippen molar-refractivity contribution in [2.75, 3.05) is 25.4 Å². The van der Waals surface area contributed by atoms with Crippen molar-refractivity contribution in [3.05, 3.63) is 0 Å². The van der Waals surface area contributed by atoms with Gasteiger partial charge in [-0.05, 0) is 37.5 Å². The minimum Gasteiger partial charge on any atom is -0.323 e. The number of nitrogens with one attached hydrogen (secondary N) is 1. The quantitative estimate of drug-likeness (QED) is 0.694. The van der Waals surface area contributed by atoms with E-state index in [4.69, 9.17) is 0 Å². The van der Waals surface area contributed by atoms with E-state index >= 15 is 0 Å². The Bertz CT molecular complexity index is 583. The zero-order valence-corrected chi connectivity index (χ0v) is 17.9. The van der Waals surface area contributed by atoms with Crippen LogP contribution in [0.3, 0.4) is 0 Å². The molecule has 2 aliphatic rings. The van der Waals surface area contributed by atoms with Gasteiger partial charge in [0, 0.05) is 19.6 Å². The number of sulfonamides is 1. The number of hydrogen-bond acceptors (Lipinski definition) is 4. The Hall–Kier alpha value is -0.660. The number of nitrogens with zero attached hydrogens (tertiary/aromatic N) is 2. The van der Waals surface area contributed by atoms with Crippen LogP contribution in [-0.2, 0) is 14.8 Å². The molecule has 0 aromatic rings. The van der Waals surface area contributed by atoms with E-state index < -0.39 is 10.0 Å². The Balaban J connectivity index is 2.17. The fourth-order valence-electron chi connectivity index (χ4n) is 4.14. The van der Waals surface area contributed by atoms with E-state index in [1.165, 1.54) is 0 Å². The molecule has 2 atom stereocenters. The average Bonchev–Trinajstić information content (AvgIpc) is 2.80. The molecule has 2 saturated heterocycles. The number of carbonyl (C=O) groups is 1. The van der Waals surface area contributed by atoms with Crippen molar-refractivity contribution in [3.63, 3.8) is 0 Å². The number of rotatable bonds is 8. The lowest BCUT2D eigenvalue weighted by atomic mass is 9.95. The molecule has 6 nitrogen and oxygen atoms in total. The van der Waals surface area contributed by atoms with E-state index in [0.717, 1.165) is 19.4 Å². The van der Waals surface area contributed by atoms with Crippen LogP contribution in [0.1, 0.15) is 66.7 Å². The predicted molar refractivity (Wildman–Crippen MR) is 105 cm³/mol. The molecule has 0 bridgehead atoms. The minimum atomic E-state index is -3.17. The maximum absolute atomic E-state index is 13.1. The fourth-order valence-corrected chi connectivity index (χ4v) is 5.65. The van der Waals surface area contributed by atoms with Gasteiger partial charge in [-0.25, -0.2) is 12.7 Å². The van der Waals surface area contributed by atoms with Crippen LogP contribution < -0.4 is 5.32 Å². The summed E-state index contributed by atoms with van der Waals surface area (Å²) in [5.41, 5.74) is -0.377. The standard InChI is InChI=1S/C19H37N3O3S/c1-6-12-26(24,25)21-10-8-19(9-11-21)20-17(13-15(3)4)18(23)22(19)14-16(5)7-2/h15-17,20H,6-14H2,1-5H3. The van der Waals surface area contributed by atoms with Crippen molar-refractivity contribution in [2.45, 2.75) is 78.4 Å². The maximum atomic E-state index is 13.1. The molecule has 7 heteroatoms. The Morgan fingerprint density at radius 3 is 2.31 bits per heavy atom. The van der Waals surface area contributed by atoms with Crippen molar-refractivity contribution < 1.29 is 13.2 Å². The number of hydrogen-bond donors (Lipinski definition) is 1. The van der Waals surface area contributed by atoms with Crippen LogP contribution >= 0.6 is 0 Å². The molecule has 1 amide bonds. The van der Waals surface area contributed by atoms with Crippen molar-refractivity contribution in [1.82, 2.24) is 14.5 Å². The van der Waals surface area contributed by atoms with Gasteiger partial charge in [0.1, 0.15) is 0 Å². The first-order valence-electron chi connectivity index (χ1n) is 10.2. The third-order valence-electron chi connectivity index (χ3n) is 5.83. The first kappa shape index (κ1) is 21.6. The first-order chi connectivity index (χ1) is 12.1. The van der Waals surface area contributed by atoms with Gasteiger partial charge in [-0.1, -0.05) is 41.0 Å². The highest BCUT2D eigenvalue weighted by molar-refractivity contribution is 7.89. The molecule has 2 rings (SSSR count). The SMILES string of the molecule is CCCS(=O)(=O)N1CCC2(CC1)NC(CC(C)C)C(=O)N2CC(C)CC. The number of carbonyl (C=O) groups excluding carboxylic acids is 1. The van der Waals surface area contributed by atoms with Crippen molar-refractivity contribution in [3.8, 4) is 0 Å². The van der Waals surface area contributed by atoms with E-state index in [1.807, 2.05) is 11.8 Å². The lowest BCUT2D eigenvalue weighted by molar-refractivity contribution is -0.134. The molecular weight excluding hydrogens is 350 g/mol. The summed E-state index contributed by atoms with van der Waals surface area (Å²) in [6.45, 7) is 12.2. The topological polar surface area (TPSA) is 69.7 Å². The lowest BCUT2D eigenvalue weighted by Gasteiger charge is -2.45. The van der Waals surface area contributed by atoms with Gasteiger partial charge in [0.2, 0.25) is 15.9 Å². The van der Waals surface area contributed by atoms with Gasteiger partial charge in [0.25, 0.3) is 0 Å². The van der Waals surface area contributed by atoms with Crippen LogP contribution in [0.2, 0.25) is 0 Å². The molecule has 1 spiro atoms.